The second-order valence-corrected chi connectivity index (χ2v) is 5.11. The number of rotatable bonds is 4. The van der Waals surface area contributed by atoms with Gasteiger partial charge in [-0.3, -0.25) is 4.98 Å². The Balaban J connectivity index is 1.79. The highest BCUT2D eigenvalue weighted by molar-refractivity contribution is 5.12. The molecular formula is C14H18N4O2. The maximum atomic E-state index is 5.94. The lowest BCUT2D eigenvalue weighted by atomic mass is 9.80. The Kier molecular flexibility index (Phi) is 3.75. The number of nitrogens with two attached hydrogens (primary N) is 1. The number of nitrogens with zero attached hydrogens (tertiary/aromatic N) is 3. The van der Waals surface area contributed by atoms with Crippen LogP contribution in [0.2, 0.25) is 0 Å². The SMILES string of the molecule is NCC1(c2nc(Cc3ccccn3)no2)CCOCC1. The summed E-state index contributed by atoms with van der Waals surface area (Å²) in [5, 5.41) is 4.06. The quantitative estimate of drug-likeness (QED) is 0.897. The van der Waals surface area contributed by atoms with Crippen LogP contribution in [0.3, 0.4) is 0 Å². The normalized spacial score (nSPS) is 18.1. The van der Waals surface area contributed by atoms with Gasteiger partial charge in [-0.25, -0.2) is 0 Å². The fraction of sp³-hybridized carbons (Fsp3) is 0.500. The monoisotopic (exact) mass is 274 g/mol. The van der Waals surface area contributed by atoms with Crippen LogP contribution in [0.4, 0.5) is 0 Å². The van der Waals surface area contributed by atoms with E-state index in [0.29, 0.717) is 37.9 Å². The van der Waals surface area contributed by atoms with Crippen LogP contribution in [0.15, 0.2) is 28.9 Å². The van der Waals surface area contributed by atoms with Crippen molar-refractivity contribution in [3.8, 4) is 0 Å². The highest BCUT2D eigenvalue weighted by atomic mass is 16.5. The van der Waals surface area contributed by atoms with Crippen LogP contribution in [0.25, 0.3) is 0 Å². The van der Waals surface area contributed by atoms with Crippen molar-refractivity contribution in [1.82, 2.24) is 15.1 Å². The van der Waals surface area contributed by atoms with Gasteiger partial charge in [-0.2, -0.15) is 4.98 Å². The Morgan fingerprint density at radius 2 is 2.10 bits per heavy atom. The summed E-state index contributed by atoms with van der Waals surface area (Å²) in [6.07, 6.45) is 3.99. The molecule has 3 heterocycles. The molecule has 0 aromatic carbocycles. The Morgan fingerprint density at radius 1 is 1.25 bits per heavy atom. The van der Waals surface area contributed by atoms with E-state index >= 15 is 0 Å². The summed E-state index contributed by atoms with van der Waals surface area (Å²) >= 11 is 0. The highest BCUT2D eigenvalue weighted by Crippen LogP contribution is 2.32. The molecule has 0 atom stereocenters. The summed E-state index contributed by atoms with van der Waals surface area (Å²) in [6.45, 7) is 1.88. The van der Waals surface area contributed by atoms with Crippen LogP contribution < -0.4 is 5.73 Å². The van der Waals surface area contributed by atoms with E-state index in [9.17, 15) is 0 Å². The van der Waals surface area contributed by atoms with E-state index < -0.39 is 0 Å². The zero-order chi connectivity index (χ0) is 13.8. The minimum Gasteiger partial charge on any atom is -0.381 e. The predicted molar refractivity (Wildman–Crippen MR) is 72.1 cm³/mol. The second-order valence-electron chi connectivity index (χ2n) is 5.11. The van der Waals surface area contributed by atoms with Gasteiger partial charge in [0.2, 0.25) is 5.89 Å². The van der Waals surface area contributed by atoms with Crippen LogP contribution in [0.1, 0.15) is 30.3 Å². The fourth-order valence-electron chi connectivity index (χ4n) is 2.47. The Morgan fingerprint density at radius 3 is 2.80 bits per heavy atom. The van der Waals surface area contributed by atoms with Crippen LogP contribution in [-0.4, -0.2) is 34.9 Å². The molecule has 0 saturated carbocycles. The van der Waals surface area contributed by atoms with Crippen LogP contribution in [0, 0.1) is 0 Å². The van der Waals surface area contributed by atoms with Gasteiger partial charge >= 0.3 is 0 Å². The van der Waals surface area contributed by atoms with E-state index in [1.807, 2.05) is 18.2 Å². The van der Waals surface area contributed by atoms with E-state index in [0.717, 1.165) is 18.5 Å². The Bertz CT molecular complexity index is 549. The molecule has 1 aliphatic heterocycles. The predicted octanol–water partition coefficient (Wildman–Crippen LogP) is 1.06. The highest BCUT2D eigenvalue weighted by Gasteiger charge is 2.38. The van der Waals surface area contributed by atoms with Crippen molar-refractivity contribution in [3.63, 3.8) is 0 Å². The van der Waals surface area contributed by atoms with Crippen molar-refractivity contribution in [2.24, 2.45) is 5.73 Å². The molecule has 6 heteroatoms. The average molecular weight is 274 g/mol. The Hall–Kier alpha value is -1.79. The molecule has 6 nitrogen and oxygen atoms in total. The lowest BCUT2D eigenvalue weighted by Crippen LogP contribution is -2.40. The van der Waals surface area contributed by atoms with E-state index in [1.165, 1.54) is 0 Å². The minimum absolute atomic E-state index is 0.229. The van der Waals surface area contributed by atoms with Gasteiger partial charge in [-0.1, -0.05) is 11.2 Å². The number of aromatic nitrogens is 3. The van der Waals surface area contributed by atoms with Gasteiger partial charge in [0.05, 0.1) is 11.8 Å². The van der Waals surface area contributed by atoms with Crippen molar-refractivity contribution >= 4 is 0 Å². The topological polar surface area (TPSA) is 87.1 Å². The number of hydrogen-bond acceptors (Lipinski definition) is 6. The second kappa shape index (κ2) is 5.68. The van der Waals surface area contributed by atoms with Crippen molar-refractivity contribution in [1.29, 1.82) is 0 Å². The Labute approximate surface area is 117 Å². The van der Waals surface area contributed by atoms with Crippen LogP contribution in [0.5, 0.6) is 0 Å². The summed E-state index contributed by atoms with van der Waals surface area (Å²) < 4.78 is 10.8. The minimum atomic E-state index is -0.229. The zero-order valence-electron chi connectivity index (χ0n) is 11.3. The molecule has 3 rings (SSSR count). The van der Waals surface area contributed by atoms with Gasteiger partial charge in [0.15, 0.2) is 5.82 Å². The van der Waals surface area contributed by atoms with Gasteiger partial charge in [0, 0.05) is 31.6 Å². The van der Waals surface area contributed by atoms with Crippen molar-refractivity contribution < 1.29 is 9.26 Å². The largest absolute Gasteiger partial charge is 0.381 e. The molecule has 20 heavy (non-hydrogen) atoms. The molecule has 1 aliphatic rings. The lowest BCUT2D eigenvalue weighted by Gasteiger charge is -2.32. The number of pyridine rings is 1. The fourth-order valence-corrected chi connectivity index (χ4v) is 2.47. The first-order valence-electron chi connectivity index (χ1n) is 6.83. The van der Waals surface area contributed by atoms with Crippen molar-refractivity contribution in [3.05, 3.63) is 41.8 Å². The van der Waals surface area contributed by atoms with Gasteiger partial charge < -0.3 is 15.0 Å². The molecule has 0 unspecified atom stereocenters. The third-order valence-electron chi connectivity index (χ3n) is 3.83. The van der Waals surface area contributed by atoms with Crippen molar-refractivity contribution in [2.75, 3.05) is 19.8 Å². The maximum Gasteiger partial charge on any atom is 0.234 e. The molecule has 0 radical (unpaired) electrons. The van der Waals surface area contributed by atoms with Gasteiger partial charge in [0.1, 0.15) is 0 Å². The van der Waals surface area contributed by atoms with Crippen molar-refractivity contribution in [2.45, 2.75) is 24.7 Å². The molecule has 2 aromatic heterocycles. The van der Waals surface area contributed by atoms with Gasteiger partial charge in [-0.05, 0) is 25.0 Å². The van der Waals surface area contributed by atoms with Gasteiger partial charge in [0.25, 0.3) is 0 Å². The molecule has 1 saturated heterocycles. The standard InChI is InChI=1S/C14H18N4O2/c15-10-14(4-7-19-8-5-14)13-17-12(18-20-13)9-11-3-1-2-6-16-11/h1-3,6H,4-5,7-10,15H2. The third-order valence-corrected chi connectivity index (χ3v) is 3.83. The molecular weight excluding hydrogens is 256 g/mol. The number of ether oxygens (including phenoxy) is 1. The first kappa shape index (κ1) is 13.2. The van der Waals surface area contributed by atoms with Crippen LogP contribution >= 0.6 is 0 Å². The maximum absolute atomic E-state index is 5.94. The van der Waals surface area contributed by atoms with E-state index in [1.54, 1.807) is 6.20 Å². The average Bonchev–Trinajstić information content (AvgIpc) is 2.98. The van der Waals surface area contributed by atoms with E-state index in [4.69, 9.17) is 15.0 Å². The molecule has 1 fully saturated rings. The number of hydrogen-bond donors (Lipinski definition) is 1. The molecule has 0 amide bonds. The zero-order valence-corrected chi connectivity index (χ0v) is 11.3. The summed E-state index contributed by atoms with van der Waals surface area (Å²) in [5.74, 6) is 1.28. The summed E-state index contributed by atoms with van der Waals surface area (Å²) in [7, 11) is 0. The third kappa shape index (κ3) is 2.57. The van der Waals surface area contributed by atoms with E-state index in [-0.39, 0.29) is 5.41 Å². The molecule has 0 bridgehead atoms. The van der Waals surface area contributed by atoms with E-state index in [2.05, 4.69) is 15.1 Å². The summed E-state index contributed by atoms with van der Waals surface area (Å²) in [5.41, 5.74) is 6.63. The molecule has 2 aromatic rings. The summed E-state index contributed by atoms with van der Waals surface area (Å²) in [4.78, 5) is 8.79. The lowest BCUT2D eigenvalue weighted by molar-refractivity contribution is 0.0409. The molecule has 106 valence electrons. The van der Waals surface area contributed by atoms with Gasteiger partial charge in [-0.15, -0.1) is 0 Å². The molecule has 2 N–H and O–H groups in total. The smallest absolute Gasteiger partial charge is 0.234 e. The van der Waals surface area contributed by atoms with Crippen LogP contribution in [-0.2, 0) is 16.6 Å². The first-order valence-corrected chi connectivity index (χ1v) is 6.83. The first-order chi connectivity index (χ1) is 9.82. The molecule has 0 aliphatic carbocycles. The summed E-state index contributed by atoms with van der Waals surface area (Å²) in [6, 6.07) is 5.78. The molecule has 0 spiro atoms.